The summed E-state index contributed by atoms with van der Waals surface area (Å²) in [7, 11) is 0. The van der Waals surface area contributed by atoms with Crippen LogP contribution in [-0.2, 0) is 0 Å². The number of carbonyl (C=O) groups excluding carboxylic acids is 2. The fourth-order valence-corrected chi connectivity index (χ4v) is 7.49. The zero-order valence-corrected chi connectivity index (χ0v) is 31.4. The molecule has 2 aliphatic carbocycles. The van der Waals surface area contributed by atoms with E-state index in [0.717, 1.165) is 22.9 Å². The third-order valence-electron chi connectivity index (χ3n) is 10.4. The zero-order valence-electron chi connectivity index (χ0n) is 31.4. The van der Waals surface area contributed by atoms with Gasteiger partial charge in [-0.15, -0.1) is 0 Å². The first-order valence-electron chi connectivity index (χ1n) is 18.8. The van der Waals surface area contributed by atoms with E-state index in [1.165, 1.54) is 47.4 Å². The summed E-state index contributed by atoms with van der Waals surface area (Å²) in [6, 6.07) is 22.8. The average molecular weight is 807 g/mol. The van der Waals surface area contributed by atoms with Gasteiger partial charge < -0.3 is 16.4 Å². The number of benzene rings is 4. The third-order valence-corrected chi connectivity index (χ3v) is 10.4. The number of hydrogen-bond donors (Lipinski definition) is 3. The van der Waals surface area contributed by atoms with Crippen LogP contribution in [0.4, 0.5) is 31.8 Å². The quantitative estimate of drug-likeness (QED) is 0.104. The molecular weight excluding hydrogens is 775 g/mol. The molecule has 0 aliphatic heterocycles. The number of halogens is 2. The molecule has 0 saturated heterocycles. The molecule has 0 saturated carbocycles. The first-order chi connectivity index (χ1) is 29.1. The first kappa shape index (κ1) is 37.6. The number of carbonyl (C=O) groups is 2. The number of nitrogens with two attached hydrogens (primary N) is 1. The van der Waals surface area contributed by atoms with Crippen LogP contribution in [0.15, 0.2) is 110 Å². The lowest BCUT2D eigenvalue weighted by atomic mass is 9.87. The van der Waals surface area contributed by atoms with Gasteiger partial charge in [0.1, 0.15) is 30.5 Å². The molecule has 0 fully saturated rings. The Hall–Kier alpha value is -8.02. The summed E-state index contributed by atoms with van der Waals surface area (Å²) in [5, 5.41) is 18.0. The van der Waals surface area contributed by atoms with Crippen molar-refractivity contribution in [2.75, 3.05) is 16.4 Å². The van der Waals surface area contributed by atoms with E-state index in [0.29, 0.717) is 70.8 Å². The number of rotatable bonds is 7. The van der Waals surface area contributed by atoms with Crippen LogP contribution in [0.3, 0.4) is 0 Å². The molecule has 298 valence electrons. The molecule has 10 rings (SSSR count). The Bertz CT molecular complexity index is 3010. The van der Waals surface area contributed by atoms with E-state index in [4.69, 9.17) is 5.73 Å². The van der Waals surface area contributed by atoms with Crippen molar-refractivity contribution in [2.24, 2.45) is 0 Å². The Morgan fingerprint density at radius 2 is 1.15 bits per heavy atom. The molecule has 60 heavy (non-hydrogen) atoms. The van der Waals surface area contributed by atoms with Gasteiger partial charge in [0, 0.05) is 36.1 Å². The first-order valence-corrected chi connectivity index (χ1v) is 18.8. The molecule has 0 amide bonds. The Kier molecular flexibility index (Phi) is 9.63. The molecular formula is C42H32F2N12O4. The van der Waals surface area contributed by atoms with E-state index in [2.05, 4.69) is 40.5 Å². The number of Topliss-reactive ketones (excluding diaryl/α,β-unsaturated/α-hetero) is 2. The van der Waals surface area contributed by atoms with E-state index in [-0.39, 0.29) is 46.9 Å². The average Bonchev–Trinajstić information content (AvgIpc) is 3.88. The van der Waals surface area contributed by atoms with Crippen molar-refractivity contribution >= 4 is 56.6 Å². The highest BCUT2D eigenvalue weighted by molar-refractivity contribution is 5.99. The molecule has 0 spiro atoms. The minimum Gasteiger partial charge on any atom is -0.394 e. The molecule has 16 nitrogen and oxygen atoms in total. The van der Waals surface area contributed by atoms with Crippen molar-refractivity contribution in [1.82, 2.24) is 39.0 Å². The van der Waals surface area contributed by atoms with Gasteiger partial charge in [-0.2, -0.15) is 9.97 Å². The maximum atomic E-state index is 13.7. The molecule has 8 aromatic rings. The fraction of sp³-hybridized carbons (Fsp3) is 0.143. The molecule has 2 unspecified atom stereocenters. The molecule has 2 aliphatic rings. The highest BCUT2D eigenvalue weighted by Gasteiger charge is 2.29. The van der Waals surface area contributed by atoms with Crippen LogP contribution >= 0.6 is 0 Å². The monoisotopic (exact) mass is 806 g/mol. The summed E-state index contributed by atoms with van der Waals surface area (Å²) >= 11 is 0. The van der Waals surface area contributed by atoms with Gasteiger partial charge in [0.05, 0.1) is 51.0 Å². The van der Waals surface area contributed by atoms with Crippen molar-refractivity contribution in [3.63, 3.8) is 0 Å². The van der Waals surface area contributed by atoms with Crippen molar-refractivity contribution in [3.8, 4) is 11.9 Å². The molecule has 2 atom stereocenters. The predicted molar refractivity (Wildman–Crippen MR) is 217 cm³/mol. The van der Waals surface area contributed by atoms with Crippen LogP contribution in [0.2, 0.25) is 0 Å². The number of nitrogens with zero attached hydrogens (tertiary/aromatic N) is 9. The highest BCUT2D eigenvalue weighted by atomic mass is 19.1. The second-order valence-corrected chi connectivity index (χ2v) is 14.1. The number of imidazole rings is 2. The van der Waals surface area contributed by atoms with Crippen molar-refractivity contribution in [3.05, 3.63) is 154 Å². The SMILES string of the molecule is Nc1cnc(-n2cnc3ccc(F)cc32)nc1NC1CCC(=O)c2ccccc21.O=C1CCC(Nc2nc(-n3cnc4ccc(F)cc43)ncc2[N+](=O)[O-])c2ccccc21. The van der Waals surface area contributed by atoms with Gasteiger partial charge in [0.25, 0.3) is 0 Å². The van der Waals surface area contributed by atoms with Gasteiger partial charge in [-0.3, -0.25) is 28.8 Å². The molecule has 0 radical (unpaired) electrons. The molecule has 4 aromatic carbocycles. The number of aromatic nitrogens is 8. The smallest absolute Gasteiger partial charge is 0.329 e. The summed E-state index contributed by atoms with van der Waals surface area (Å²) in [4.78, 5) is 61.2. The lowest BCUT2D eigenvalue weighted by molar-refractivity contribution is -0.384. The third kappa shape index (κ3) is 7.10. The lowest BCUT2D eigenvalue weighted by Gasteiger charge is -2.26. The topological polar surface area (TPSA) is 215 Å². The second-order valence-electron chi connectivity index (χ2n) is 14.1. The Morgan fingerprint density at radius 1 is 0.667 bits per heavy atom. The van der Waals surface area contributed by atoms with Gasteiger partial charge in [-0.05, 0) is 48.2 Å². The van der Waals surface area contributed by atoms with Gasteiger partial charge in [-0.1, -0.05) is 48.5 Å². The molecule has 4 heterocycles. The summed E-state index contributed by atoms with van der Waals surface area (Å²) in [5.41, 5.74) is 11.4. The van der Waals surface area contributed by atoms with Crippen LogP contribution < -0.4 is 16.4 Å². The Balaban J connectivity index is 0.000000154. The van der Waals surface area contributed by atoms with Crippen LogP contribution in [0.5, 0.6) is 0 Å². The standard InChI is InChI=1S/C21H15FN6O3.C21H17FN6O/c22-12-5-6-16-17(9-12)27(11-24-16)21-23-10-18(28(30)31)20(26-21)25-15-7-8-19(29)14-4-2-1-3-13(14)15;22-12-5-6-17-18(9-12)28(11-25-17)21-24-10-15(23)20(27-21)26-16-7-8-19(29)14-4-2-1-3-13(14)16/h1-6,9-11,15H,7-8H2,(H,23,25,26);1-6,9-11,16H,7-8,23H2,(H,24,26,27). The van der Waals surface area contributed by atoms with Gasteiger partial charge in [-0.25, -0.2) is 28.7 Å². The number of hydrogen-bond acceptors (Lipinski definition) is 13. The highest BCUT2D eigenvalue weighted by Crippen LogP contribution is 2.36. The van der Waals surface area contributed by atoms with E-state index in [1.807, 2.05) is 36.4 Å². The Labute approximate surface area is 338 Å². The van der Waals surface area contributed by atoms with Gasteiger partial charge >= 0.3 is 5.69 Å². The minimum absolute atomic E-state index is 0.0161. The van der Waals surface area contributed by atoms with E-state index in [1.54, 1.807) is 29.1 Å². The normalized spacial score (nSPS) is 15.8. The number of fused-ring (bicyclic) bond motifs is 4. The number of nitro groups is 1. The minimum atomic E-state index is -0.572. The fourth-order valence-electron chi connectivity index (χ4n) is 7.49. The van der Waals surface area contributed by atoms with Crippen LogP contribution in [0, 0.1) is 21.7 Å². The molecule has 0 bridgehead atoms. The Morgan fingerprint density at radius 3 is 1.68 bits per heavy atom. The summed E-state index contributed by atoms with van der Waals surface area (Å²) in [6.45, 7) is 0. The van der Waals surface area contributed by atoms with E-state index >= 15 is 0 Å². The number of nitrogen functional groups attached to an aromatic ring is 1. The van der Waals surface area contributed by atoms with Crippen LogP contribution in [0.1, 0.15) is 69.6 Å². The van der Waals surface area contributed by atoms with Crippen LogP contribution in [0.25, 0.3) is 34.0 Å². The molecule has 4 aromatic heterocycles. The van der Waals surface area contributed by atoms with Crippen molar-refractivity contribution < 1.29 is 23.3 Å². The van der Waals surface area contributed by atoms with Gasteiger partial charge in [0.15, 0.2) is 17.4 Å². The maximum absolute atomic E-state index is 13.7. The summed E-state index contributed by atoms with van der Waals surface area (Å²) in [5.74, 6) is 0.288. The lowest BCUT2D eigenvalue weighted by Crippen LogP contribution is -2.22. The number of anilines is 3. The summed E-state index contributed by atoms with van der Waals surface area (Å²) in [6.07, 6.45) is 7.51. The maximum Gasteiger partial charge on any atom is 0.329 e. The van der Waals surface area contributed by atoms with Crippen molar-refractivity contribution in [1.29, 1.82) is 0 Å². The van der Waals surface area contributed by atoms with E-state index < -0.39 is 10.7 Å². The predicted octanol–water partition coefficient (Wildman–Crippen LogP) is 7.66. The van der Waals surface area contributed by atoms with Crippen molar-refractivity contribution in [2.45, 2.75) is 37.8 Å². The van der Waals surface area contributed by atoms with Crippen LogP contribution in [-0.4, -0.2) is 55.5 Å². The molecule has 4 N–H and O–H groups in total. The van der Waals surface area contributed by atoms with E-state index in [9.17, 15) is 28.5 Å². The largest absolute Gasteiger partial charge is 0.394 e. The summed E-state index contributed by atoms with van der Waals surface area (Å²) < 4.78 is 30.5. The van der Waals surface area contributed by atoms with Gasteiger partial charge in [0.2, 0.25) is 17.7 Å². The second kappa shape index (κ2) is 15.4. The zero-order chi connectivity index (χ0) is 41.5. The molecule has 18 heteroatoms. The number of ketones is 2. The number of nitrogens with one attached hydrogen (secondary N) is 2.